The summed E-state index contributed by atoms with van der Waals surface area (Å²) in [4.78, 5) is 40.9. The molecule has 0 radical (unpaired) electrons. The minimum absolute atomic E-state index is 0.000171. The molecule has 4 aromatic rings. The Hall–Kier alpha value is -3.69. The van der Waals surface area contributed by atoms with Crippen LogP contribution in [0, 0.1) is 17.0 Å². The monoisotopic (exact) mass is 480 g/mol. The smallest absolute Gasteiger partial charge is 0.269 e. The second-order valence-corrected chi connectivity index (χ2v) is 8.50. The first-order valence-electron chi connectivity index (χ1n) is 9.79. The molecule has 0 fully saturated rings. The Morgan fingerprint density at radius 1 is 1.15 bits per heavy atom. The van der Waals surface area contributed by atoms with Gasteiger partial charge in [0.15, 0.2) is 5.16 Å². The van der Waals surface area contributed by atoms with Gasteiger partial charge in [-0.25, -0.2) is 4.98 Å². The molecule has 0 aliphatic heterocycles. The second kappa shape index (κ2) is 9.43. The number of halogens is 1. The number of benzene rings is 3. The van der Waals surface area contributed by atoms with E-state index in [0.717, 1.165) is 17.3 Å². The molecule has 0 saturated heterocycles. The van der Waals surface area contributed by atoms with Crippen molar-refractivity contribution in [2.24, 2.45) is 0 Å². The van der Waals surface area contributed by atoms with Gasteiger partial charge in [-0.1, -0.05) is 35.5 Å². The summed E-state index contributed by atoms with van der Waals surface area (Å²) < 4.78 is 1.36. The van der Waals surface area contributed by atoms with E-state index in [4.69, 9.17) is 11.6 Å². The number of para-hydroxylation sites is 1. The maximum atomic E-state index is 13.2. The Kier molecular flexibility index (Phi) is 6.43. The number of rotatable bonds is 6. The summed E-state index contributed by atoms with van der Waals surface area (Å²) in [5.74, 6) is -0.275. The van der Waals surface area contributed by atoms with Gasteiger partial charge < -0.3 is 5.32 Å². The van der Waals surface area contributed by atoms with Crippen molar-refractivity contribution >= 4 is 51.5 Å². The first kappa shape index (κ1) is 22.5. The van der Waals surface area contributed by atoms with Gasteiger partial charge in [0.1, 0.15) is 0 Å². The highest BCUT2D eigenvalue weighted by molar-refractivity contribution is 7.99. The average molecular weight is 481 g/mol. The summed E-state index contributed by atoms with van der Waals surface area (Å²) >= 11 is 7.06. The number of thioether (sulfide) groups is 1. The van der Waals surface area contributed by atoms with Gasteiger partial charge in [-0.3, -0.25) is 24.3 Å². The third-order valence-corrected chi connectivity index (χ3v) is 6.03. The molecule has 10 heteroatoms. The topological polar surface area (TPSA) is 107 Å². The highest BCUT2D eigenvalue weighted by Crippen LogP contribution is 2.24. The van der Waals surface area contributed by atoms with Crippen molar-refractivity contribution in [3.63, 3.8) is 0 Å². The number of anilines is 1. The van der Waals surface area contributed by atoms with Crippen LogP contribution in [0.2, 0.25) is 5.02 Å². The number of hydrogen-bond acceptors (Lipinski definition) is 6. The lowest BCUT2D eigenvalue weighted by Crippen LogP contribution is -2.23. The number of aromatic nitrogens is 2. The van der Waals surface area contributed by atoms with E-state index >= 15 is 0 Å². The van der Waals surface area contributed by atoms with Crippen molar-refractivity contribution in [3.8, 4) is 5.69 Å². The van der Waals surface area contributed by atoms with Crippen LogP contribution in [-0.2, 0) is 4.79 Å². The average Bonchev–Trinajstić information content (AvgIpc) is 2.80. The molecule has 1 N–H and O–H groups in total. The summed E-state index contributed by atoms with van der Waals surface area (Å²) in [6.45, 7) is 1.84. The van der Waals surface area contributed by atoms with Gasteiger partial charge in [0, 0.05) is 22.8 Å². The van der Waals surface area contributed by atoms with E-state index in [1.165, 1.54) is 28.8 Å². The Labute approximate surface area is 197 Å². The molecule has 8 nitrogen and oxygen atoms in total. The predicted molar refractivity (Wildman–Crippen MR) is 130 cm³/mol. The minimum atomic E-state index is -0.510. The Morgan fingerprint density at radius 3 is 2.58 bits per heavy atom. The summed E-state index contributed by atoms with van der Waals surface area (Å²) in [7, 11) is 0. The third-order valence-electron chi connectivity index (χ3n) is 4.86. The van der Waals surface area contributed by atoms with Crippen LogP contribution in [0.1, 0.15) is 5.56 Å². The second-order valence-electron chi connectivity index (χ2n) is 7.12. The maximum absolute atomic E-state index is 13.2. The fourth-order valence-corrected chi connectivity index (χ4v) is 4.28. The van der Waals surface area contributed by atoms with Gasteiger partial charge in [0.05, 0.1) is 27.3 Å². The molecule has 0 aliphatic carbocycles. The number of hydrogen-bond donors (Lipinski definition) is 1. The van der Waals surface area contributed by atoms with Crippen LogP contribution in [0.25, 0.3) is 16.6 Å². The SMILES string of the molecule is Cc1cc(Cl)ccc1NC(=O)CSc1nc2ccccc2c(=O)n1-c1ccc([N+](=O)[O-])cc1. The molecular formula is C23H17ClN4O4S. The molecule has 0 saturated carbocycles. The Bertz CT molecular complexity index is 1440. The summed E-state index contributed by atoms with van der Waals surface area (Å²) in [6.07, 6.45) is 0. The quantitative estimate of drug-likeness (QED) is 0.180. The van der Waals surface area contributed by atoms with Gasteiger partial charge in [-0.15, -0.1) is 0 Å². The summed E-state index contributed by atoms with van der Waals surface area (Å²) in [5.41, 5.74) is 1.97. The number of carbonyl (C=O) groups is 1. The van der Waals surface area contributed by atoms with Crippen molar-refractivity contribution in [3.05, 3.63) is 97.8 Å². The first-order valence-corrected chi connectivity index (χ1v) is 11.2. The van der Waals surface area contributed by atoms with Crippen LogP contribution < -0.4 is 10.9 Å². The number of nitro benzene ring substituents is 1. The fraction of sp³-hybridized carbons (Fsp3) is 0.0870. The van der Waals surface area contributed by atoms with Crippen molar-refractivity contribution in [2.45, 2.75) is 12.1 Å². The lowest BCUT2D eigenvalue weighted by atomic mass is 10.2. The van der Waals surface area contributed by atoms with Crippen LogP contribution in [0.15, 0.2) is 76.7 Å². The summed E-state index contributed by atoms with van der Waals surface area (Å²) in [5, 5.41) is 15.1. The molecule has 33 heavy (non-hydrogen) atoms. The largest absolute Gasteiger partial charge is 0.325 e. The number of nitrogens with zero attached hydrogens (tertiary/aromatic N) is 3. The molecule has 0 aliphatic rings. The highest BCUT2D eigenvalue weighted by atomic mass is 35.5. The minimum Gasteiger partial charge on any atom is -0.325 e. The van der Waals surface area contributed by atoms with Gasteiger partial charge >= 0.3 is 0 Å². The number of aryl methyl sites for hydroxylation is 1. The van der Waals surface area contributed by atoms with E-state index in [9.17, 15) is 19.7 Å². The molecule has 0 atom stereocenters. The van der Waals surface area contributed by atoms with E-state index in [1.54, 1.807) is 42.5 Å². The number of amides is 1. The van der Waals surface area contributed by atoms with E-state index in [1.807, 2.05) is 6.92 Å². The summed E-state index contributed by atoms with van der Waals surface area (Å²) in [6, 6.07) is 17.7. The normalized spacial score (nSPS) is 10.8. The zero-order chi connectivity index (χ0) is 23.5. The Balaban J connectivity index is 1.67. The van der Waals surface area contributed by atoms with Crippen molar-refractivity contribution in [1.29, 1.82) is 0 Å². The van der Waals surface area contributed by atoms with Gasteiger partial charge in [0.25, 0.3) is 11.2 Å². The van der Waals surface area contributed by atoms with Crippen molar-refractivity contribution in [2.75, 3.05) is 11.1 Å². The zero-order valence-corrected chi connectivity index (χ0v) is 18.9. The van der Waals surface area contributed by atoms with E-state index in [-0.39, 0.29) is 22.9 Å². The van der Waals surface area contributed by atoms with E-state index in [2.05, 4.69) is 10.3 Å². The van der Waals surface area contributed by atoms with Crippen molar-refractivity contribution in [1.82, 2.24) is 9.55 Å². The number of nitro groups is 1. The molecular weight excluding hydrogens is 464 g/mol. The van der Waals surface area contributed by atoms with E-state index < -0.39 is 4.92 Å². The van der Waals surface area contributed by atoms with Gasteiger partial charge in [-0.2, -0.15) is 0 Å². The molecule has 4 rings (SSSR count). The number of fused-ring (bicyclic) bond motifs is 1. The van der Waals surface area contributed by atoms with E-state index in [0.29, 0.717) is 32.5 Å². The van der Waals surface area contributed by atoms with Crippen LogP contribution in [-0.4, -0.2) is 26.1 Å². The highest BCUT2D eigenvalue weighted by Gasteiger charge is 2.16. The molecule has 0 spiro atoms. The fourth-order valence-electron chi connectivity index (χ4n) is 3.24. The zero-order valence-electron chi connectivity index (χ0n) is 17.3. The first-order chi connectivity index (χ1) is 15.8. The van der Waals surface area contributed by atoms with Crippen LogP contribution in [0.3, 0.4) is 0 Å². The van der Waals surface area contributed by atoms with Crippen LogP contribution in [0.5, 0.6) is 0 Å². The van der Waals surface area contributed by atoms with Crippen LogP contribution >= 0.6 is 23.4 Å². The lowest BCUT2D eigenvalue weighted by Gasteiger charge is -2.13. The standard InChI is InChI=1S/C23H17ClN4O4S/c1-14-12-15(24)6-11-19(14)25-21(29)13-33-23-26-20-5-3-2-4-18(20)22(30)27(23)16-7-9-17(10-8-16)28(31)32/h2-12H,13H2,1H3,(H,25,29). The number of non-ortho nitro benzene ring substituents is 1. The molecule has 0 unspecified atom stereocenters. The molecule has 3 aromatic carbocycles. The molecule has 1 heterocycles. The third kappa shape index (κ3) is 4.89. The maximum Gasteiger partial charge on any atom is 0.269 e. The molecule has 0 bridgehead atoms. The Morgan fingerprint density at radius 2 is 1.88 bits per heavy atom. The van der Waals surface area contributed by atoms with Gasteiger partial charge in [0.2, 0.25) is 5.91 Å². The lowest BCUT2D eigenvalue weighted by molar-refractivity contribution is -0.384. The van der Waals surface area contributed by atoms with Crippen LogP contribution in [0.4, 0.5) is 11.4 Å². The molecule has 1 amide bonds. The predicted octanol–water partition coefficient (Wildman–Crippen LogP) is 4.99. The number of nitrogens with one attached hydrogen (secondary N) is 1. The molecule has 166 valence electrons. The van der Waals surface area contributed by atoms with Gasteiger partial charge in [-0.05, 0) is 55.0 Å². The van der Waals surface area contributed by atoms with Crippen molar-refractivity contribution < 1.29 is 9.72 Å². The number of carbonyl (C=O) groups excluding carboxylic acids is 1. The molecule has 1 aromatic heterocycles.